The fourth-order valence-electron chi connectivity index (χ4n) is 1.98. The monoisotopic (exact) mass is 304 g/mol. The fraction of sp³-hybridized carbons (Fsp3) is 0.353. The van der Waals surface area contributed by atoms with E-state index in [-0.39, 0.29) is 5.41 Å². The minimum atomic E-state index is -0.885. The second kappa shape index (κ2) is 5.90. The van der Waals surface area contributed by atoms with Gasteiger partial charge < -0.3 is 9.84 Å². The van der Waals surface area contributed by atoms with Crippen molar-refractivity contribution in [1.29, 1.82) is 0 Å². The lowest BCUT2D eigenvalue weighted by Gasteiger charge is -2.19. The number of carboxylic acid groups (broad SMARTS) is 1. The molecule has 0 saturated heterocycles. The first-order valence-electron chi connectivity index (χ1n) is 6.83. The summed E-state index contributed by atoms with van der Waals surface area (Å²) in [6.45, 7) is 8.82. The normalized spacial score (nSPS) is 11.4. The zero-order valence-corrected chi connectivity index (χ0v) is 13.6. The molecule has 0 radical (unpaired) electrons. The number of rotatable bonds is 4. The van der Waals surface area contributed by atoms with Crippen LogP contribution < -0.4 is 4.74 Å². The Morgan fingerprint density at radius 3 is 2.33 bits per heavy atom. The molecule has 112 valence electrons. The van der Waals surface area contributed by atoms with Crippen LogP contribution in [0.25, 0.3) is 0 Å². The molecule has 21 heavy (non-hydrogen) atoms. The van der Waals surface area contributed by atoms with Crippen LogP contribution in [0.4, 0.5) is 0 Å². The number of aryl methyl sites for hydroxylation is 1. The summed E-state index contributed by atoms with van der Waals surface area (Å²) in [6.07, 6.45) is 0. The predicted octanol–water partition coefficient (Wildman–Crippen LogP) is 4.63. The van der Waals surface area contributed by atoms with Gasteiger partial charge in [0.25, 0.3) is 0 Å². The zero-order chi connectivity index (χ0) is 15.6. The molecule has 2 aromatic rings. The van der Waals surface area contributed by atoms with Crippen LogP contribution in [0.1, 0.15) is 46.4 Å². The molecule has 0 aliphatic heterocycles. The Kier molecular flexibility index (Phi) is 4.37. The summed E-state index contributed by atoms with van der Waals surface area (Å²) in [6, 6.07) is 9.74. The SMILES string of the molecule is Cc1sc(C(=O)O)cc1COc1ccc(C(C)(C)C)cc1. The highest BCUT2D eigenvalue weighted by Crippen LogP contribution is 2.26. The van der Waals surface area contributed by atoms with E-state index in [1.54, 1.807) is 6.07 Å². The number of ether oxygens (including phenoxy) is 1. The molecule has 0 amide bonds. The van der Waals surface area contributed by atoms with E-state index >= 15 is 0 Å². The van der Waals surface area contributed by atoms with E-state index in [0.29, 0.717) is 11.5 Å². The van der Waals surface area contributed by atoms with Crippen molar-refractivity contribution >= 4 is 17.3 Å². The van der Waals surface area contributed by atoms with E-state index in [4.69, 9.17) is 9.84 Å². The van der Waals surface area contributed by atoms with Crippen molar-refractivity contribution in [2.45, 2.75) is 39.7 Å². The van der Waals surface area contributed by atoms with E-state index in [0.717, 1.165) is 16.2 Å². The van der Waals surface area contributed by atoms with Crippen LogP contribution in [0.3, 0.4) is 0 Å². The van der Waals surface area contributed by atoms with Crippen molar-refractivity contribution in [1.82, 2.24) is 0 Å². The van der Waals surface area contributed by atoms with Crippen molar-refractivity contribution in [3.8, 4) is 5.75 Å². The minimum Gasteiger partial charge on any atom is -0.489 e. The van der Waals surface area contributed by atoms with Crippen LogP contribution >= 0.6 is 11.3 Å². The third kappa shape index (κ3) is 3.85. The highest BCUT2D eigenvalue weighted by Gasteiger charge is 2.14. The zero-order valence-electron chi connectivity index (χ0n) is 12.8. The molecule has 4 heteroatoms. The maximum atomic E-state index is 10.9. The highest BCUT2D eigenvalue weighted by atomic mass is 32.1. The number of carboxylic acids is 1. The largest absolute Gasteiger partial charge is 0.489 e. The van der Waals surface area contributed by atoms with Crippen molar-refractivity contribution in [3.63, 3.8) is 0 Å². The Morgan fingerprint density at radius 1 is 1.24 bits per heavy atom. The first-order valence-corrected chi connectivity index (χ1v) is 7.65. The molecule has 0 aliphatic rings. The summed E-state index contributed by atoms with van der Waals surface area (Å²) in [5, 5.41) is 8.98. The maximum absolute atomic E-state index is 10.9. The number of thiophene rings is 1. The Bertz CT molecular complexity index is 633. The first kappa shape index (κ1) is 15.6. The van der Waals surface area contributed by atoms with E-state index in [1.165, 1.54) is 16.9 Å². The van der Waals surface area contributed by atoms with Crippen LogP contribution in [0.5, 0.6) is 5.75 Å². The Hall–Kier alpha value is -1.81. The van der Waals surface area contributed by atoms with E-state index in [9.17, 15) is 4.79 Å². The van der Waals surface area contributed by atoms with Gasteiger partial charge in [-0.05, 0) is 36.1 Å². The highest BCUT2D eigenvalue weighted by molar-refractivity contribution is 7.14. The fourth-order valence-corrected chi connectivity index (χ4v) is 2.85. The molecule has 0 aliphatic carbocycles. The molecule has 0 bridgehead atoms. The van der Waals surface area contributed by atoms with E-state index in [2.05, 4.69) is 32.9 Å². The van der Waals surface area contributed by atoms with Gasteiger partial charge in [0, 0.05) is 10.4 Å². The van der Waals surface area contributed by atoms with Gasteiger partial charge in [-0.3, -0.25) is 0 Å². The van der Waals surface area contributed by atoms with E-state index in [1.807, 2.05) is 19.1 Å². The molecule has 2 rings (SSSR count). The molecule has 0 saturated carbocycles. The quantitative estimate of drug-likeness (QED) is 0.895. The predicted molar refractivity (Wildman–Crippen MR) is 85.5 cm³/mol. The van der Waals surface area contributed by atoms with Crippen LogP contribution in [-0.2, 0) is 12.0 Å². The number of benzene rings is 1. The minimum absolute atomic E-state index is 0.124. The molecule has 1 aromatic carbocycles. The third-order valence-corrected chi connectivity index (χ3v) is 4.43. The van der Waals surface area contributed by atoms with Gasteiger partial charge in [-0.1, -0.05) is 32.9 Å². The molecular formula is C17H20O3S. The molecule has 0 spiro atoms. The molecule has 0 unspecified atom stereocenters. The van der Waals surface area contributed by atoms with Gasteiger partial charge in [-0.2, -0.15) is 0 Å². The smallest absolute Gasteiger partial charge is 0.345 e. The molecule has 1 heterocycles. The topological polar surface area (TPSA) is 46.5 Å². The summed E-state index contributed by atoms with van der Waals surface area (Å²) in [5.41, 5.74) is 2.31. The lowest BCUT2D eigenvalue weighted by molar-refractivity contribution is 0.0702. The van der Waals surface area contributed by atoms with Crippen LogP contribution in [0, 0.1) is 6.92 Å². The lowest BCUT2D eigenvalue weighted by Crippen LogP contribution is -2.10. The maximum Gasteiger partial charge on any atom is 0.345 e. The van der Waals surface area contributed by atoms with Gasteiger partial charge in [0.15, 0.2) is 0 Å². The third-order valence-electron chi connectivity index (χ3n) is 3.35. The Labute approximate surface area is 129 Å². The standard InChI is InChI=1S/C17H20O3S/c1-11-12(9-15(21-11)16(18)19)10-20-14-7-5-13(6-8-14)17(2,3)4/h5-9H,10H2,1-4H3,(H,18,19). The molecule has 1 N–H and O–H groups in total. The average Bonchev–Trinajstić information content (AvgIpc) is 2.77. The summed E-state index contributed by atoms with van der Waals surface area (Å²) >= 11 is 1.28. The number of aromatic carboxylic acids is 1. The van der Waals surface area contributed by atoms with Gasteiger partial charge >= 0.3 is 5.97 Å². The van der Waals surface area contributed by atoms with Gasteiger partial charge in [0.1, 0.15) is 17.2 Å². The first-order chi connectivity index (χ1) is 9.77. The number of hydrogen-bond acceptors (Lipinski definition) is 3. The summed E-state index contributed by atoms with van der Waals surface area (Å²) in [4.78, 5) is 12.3. The summed E-state index contributed by atoms with van der Waals surface area (Å²) in [5.74, 6) is -0.0886. The number of carbonyl (C=O) groups is 1. The number of hydrogen-bond donors (Lipinski definition) is 1. The lowest BCUT2D eigenvalue weighted by atomic mass is 9.87. The van der Waals surface area contributed by atoms with Crippen molar-refractivity contribution in [2.24, 2.45) is 0 Å². The second-order valence-electron chi connectivity index (χ2n) is 6.06. The van der Waals surface area contributed by atoms with Gasteiger partial charge in [0.05, 0.1) is 0 Å². The van der Waals surface area contributed by atoms with Crippen molar-refractivity contribution in [3.05, 3.63) is 51.2 Å². The molecule has 0 atom stereocenters. The Balaban J connectivity index is 2.05. The summed E-state index contributed by atoms with van der Waals surface area (Å²) < 4.78 is 5.75. The van der Waals surface area contributed by atoms with Crippen LogP contribution in [0.2, 0.25) is 0 Å². The average molecular weight is 304 g/mol. The van der Waals surface area contributed by atoms with E-state index < -0.39 is 5.97 Å². The van der Waals surface area contributed by atoms with Gasteiger partial charge in [-0.25, -0.2) is 4.79 Å². The Morgan fingerprint density at radius 2 is 1.86 bits per heavy atom. The second-order valence-corrected chi connectivity index (χ2v) is 7.32. The molecule has 3 nitrogen and oxygen atoms in total. The van der Waals surface area contributed by atoms with Crippen LogP contribution in [-0.4, -0.2) is 11.1 Å². The van der Waals surface area contributed by atoms with Crippen LogP contribution in [0.15, 0.2) is 30.3 Å². The van der Waals surface area contributed by atoms with Crippen molar-refractivity contribution < 1.29 is 14.6 Å². The molecule has 1 aromatic heterocycles. The molecular weight excluding hydrogens is 284 g/mol. The van der Waals surface area contributed by atoms with Gasteiger partial charge in [0.2, 0.25) is 0 Å². The van der Waals surface area contributed by atoms with Gasteiger partial charge in [-0.15, -0.1) is 11.3 Å². The van der Waals surface area contributed by atoms with Crippen molar-refractivity contribution in [2.75, 3.05) is 0 Å². The summed E-state index contributed by atoms with van der Waals surface area (Å²) in [7, 11) is 0. The molecule has 0 fully saturated rings.